The van der Waals surface area contributed by atoms with Crippen molar-refractivity contribution in [1.29, 1.82) is 0 Å². The first-order chi connectivity index (χ1) is 13.4. The SMILES string of the molecule is CCCCOc1cccc(C(=O)NC(=S)Nc2ccc(C(=O)N(C)C)cc2)c1. The summed E-state index contributed by atoms with van der Waals surface area (Å²) in [6.07, 6.45) is 2.01. The Morgan fingerprint density at radius 3 is 2.43 bits per heavy atom. The van der Waals surface area contributed by atoms with E-state index in [1.165, 1.54) is 4.90 Å². The van der Waals surface area contributed by atoms with E-state index < -0.39 is 0 Å². The molecule has 0 aliphatic carbocycles. The Morgan fingerprint density at radius 2 is 1.79 bits per heavy atom. The smallest absolute Gasteiger partial charge is 0.257 e. The Hall–Kier alpha value is -2.93. The number of thiocarbonyl (C=S) groups is 1. The first kappa shape index (κ1) is 21.4. The van der Waals surface area contributed by atoms with Crippen molar-refractivity contribution >= 4 is 34.8 Å². The van der Waals surface area contributed by atoms with Crippen LogP contribution < -0.4 is 15.4 Å². The molecule has 6 nitrogen and oxygen atoms in total. The van der Waals surface area contributed by atoms with Crippen LogP contribution in [0.1, 0.15) is 40.5 Å². The summed E-state index contributed by atoms with van der Waals surface area (Å²) in [7, 11) is 3.39. The fourth-order valence-corrected chi connectivity index (χ4v) is 2.56. The second kappa shape index (κ2) is 10.4. The molecule has 0 aromatic heterocycles. The monoisotopic (exact) mass is 399 g/mol. The molecule has 2 N–H and O–H groups in total. The van der Waals surface area contributed by atoms with Gasteiger partial charge in [-0.25, -0.2) is 0 Å². The van der Waals surface area contributed by atoms with E-state index >= 15 is 0 Å². The number of amides is 2. The fourth-order valence-electron chi connectivity index (χ4n) is 2.35. The number of anilines is 1. The highest BCUT2D eigenvalue weighted by molar-refractivity contribution is 7.80. The van der Waals surface area contributed by atoms with Gasteiger partial charge in [-0.2, -0.15) is 0 Å². The van der Waals surface area contributed by atoms with Crippen LogP contribution >= 0.6 is 12.2 Å². The number of rotatable bonds is 7. The minimum Gasteiger partial charge on any atom is -0.494 e. The molecule has 148 valence electrons. The number of nitrogens with zero attached hydrogens (tertiary/aromatic N) is 1. The number of hydrogen-bond acceptors (Lipinski definition) is 4. The molecular weight excluding hydrogens is 374 g/mol. The van der Waals surface area contributed by atoms with Gasteiger partial charge in [-0.15, -0.1) is 0 Å². The topological polar surface area (TPSA) is 70.7 Å². The van der Waals surface area contributed by atoms with Crippen LogP contribution in [0, 0.1) is 0 Å². The van der Waals surface area contributed by atoms with Crippen molar-refractivity contribution in [3.8, 4) is 5.75 Å². The van der Waals surface area contributed by atoms with Gasteiger partial charge in [0.15, 0.2) is 5.11 Å². The maximum Gasteiger partial charge on any atom is 0.257 e. The summed E-state index contributed by atoms with van der Waals surface area (Å²) in [6, 6.07) is 13.8. The van der Waals surface area contributed by atoms with Crippen molar-refractivity contribution in [3.05, 3.63) is 59.7 Å². The second-order valence-electron chi connectivity index (χ2n) is 6.42. The number of ether oxygens (including phenoxy) is 1. The maximum absolute atomic E-state index is 12.4. The zero-order valence-corrected chi connectivity index (χ0v) is 17.1. The molecule has 0 spiro atoms. The van der Waals surface area contributed by atoms with E-state index in [-0.39, 0.29) is 16.9 Å². The highest BCUT2D eigenvalue weighted by Crippen LogP contribution is 2.14. The Labute approximate surface area is 170 Å². The molecule has 0 aliphatic rings. The summed E-state index contributed by atoms with van der Waals surface area (Å²) in [6.45, 7) is 2.71. The van der Waals surface area contributed by atoms with Gasteiger partial charge >= 0.3 is 0 Å². The van der Waals surface area contributed by atoms with Crippen molar-refractivity contribution in [2.75, 3.05) is 26.0 Å². The van der Waals surface area contributed by atoms with Crippen LogP contribution in [0.2, 0.25) is 0 Å². The van der Waals surface area contributed by atoms with Crippen molar-refractivity contribution in [2.45, 2.75) is 19.8 Å². The van der Waals surface area contributed by atoms with Gasteiger partial charge in [0.05, 0.1) is 6.61 Å². The van der Waals surface area contributed by atoms with Gasteiger partial charge < -0.3 is 15.0 Å². The van der Waals surface area contributed by atoms with E-state index in [9.17, 15) is 9.59 Å². The molecule has 0 atom stereocenters. The van der Waals surface area contributed by atoms with Gasteiger partial charge in [0, 0.05) is 30.9 Å². The average Bonchev–Trinajstić information content (AvgIpc) is 2.68. The lowest BCUT2D eigenvalue weighted by Gasteiger charge is -2.12. The third-order valence-corrected chi connectivity index (χ3v) is 4.09. The molecule has 0 bridgehead atoms. The van der Waals surface area contributed by atoms with Crippen molar-refractivity contribution in [1.82, 2.24) is 10.2 Å². The summed E-state index contributed by atoms with van der Waals surface area (Å²) in [5, 5.41) is 5.76. The lowest BCUT2D eigenvalue weighted by Crippen LogP contribution is -2.34. The molecule has 2 aromatic carbocycles. The highest BCUT2D eigenvalue weighted by Gasteiger charge is 2.10. The van der Waals surface area contributed by atoms with Gasteiger partial charge in [0.1, 0.15) is 5.75 Å². The summed E-state index contributed by atoms with van der Waals surface area (Å²) < 4.78 is 5.63. The third-order valence-electron chi connectivity index (χ3n) is 3.89. The molecule has 2 rings (SSSR count). The van der Waals surface area contributed by atoms with Crippen LogP contribution in [0.15, 0.2) is 48.5 Å². The number of benzene rings is 2. The van der Waals surface area contributed by atoms with Gasteiger partial charge in [-0.3, -0.25) is 14.9 Å². The summed E-state index contributed by atoms with van der Waals surface area (Å²) in [4.78, 5) is 25.8. The molecule has 0 saturated carbocycles. The first-order valence-corrected chi connectivity index (χ1v) is 9.48. The first-order valence-electron chi connectivity index (χ1n) is 9.07. The molecule has 0 saturated heterocycles. The van der Waals surface area contributed by atoms with Crippen LogP contribution in [0.4, 0.5) is 5.69 Å². The number of carbonyl (C=O) groups is 2. The zero-order valence-electron chi connectivity index (χ0n) is 16.3. The molecule has 0 heterocycles. The summed E-state index contributed by atoms with van der Waals surface area (Å²) >= 11 is 5.21. The molecular formula is C21H25N3O3S. The predicted octanol–water partition coefficient (Wildman–Crippen LogP) is 3.69. The summed E-state index contributed by atoms with van der Waals surface area (Å²) in [5.41, 5.74) is 1.72. The number of unbranched alkanes of at least 4 members (excludes halogenated alkanes) is 1. The molecule has 0 unspecified atom stereocenters. The second-order valence-corrected chi connectivity index (χ2v) is 6.82. The van der Waals surface area contributed by atoms with Gasteiger partial charge in [0.25, 0.3) is 11.8 Å². The Morgan fingerprint density at radius 1 is 1.07 bits per heavy atom. The molecule has 2 amide bonds. The molecule has 0 radical (unpaired) electrons. The average molecular weight is 400 g/mol. The standard InChI is InChI=1S/C21H25N3O3S/c1-4-5-13-27-18-8-6-7-16(14-18)19(25)23-21(28)22-17-11-9-15(10-12-17)20(26)24(2)3/h6-12,14H,4-5,13H2,1-3H3,(H2,22,23,25,28). The van der Waals surface area contributed by atoms with E-state index in [0.717, 1.165) is 12.8 Å². The third kappa shape index (κ3) is 6.35. The number of nitrogens with one attached hydrogen (secondary N) is 2. The highest BCUT2D eigenvalue weighted by atomic mass is 32.1. The largest absolute Gasteiger partial charge is 0.494 e. The lowest BCUT2D eigenvalue weighted by molar-refractivity contribution is 0.0827. The van der Waals surface area contributed by atoms with Crippen molar-refractivity contribution < 1.29 is 14.3 Å². The van der Waals surface area contributed by atoms with Crippen LogP contribution in [-0.2, 0) is 0 Å². The van der Waals surface area contributed by atoms with E-state index in [0.29, 0.717) is 29.2 Å². The van der Waals surface area contributed by atoms with Crippen LogP contribution in [-0.4, -0.2) is 42.5 Å². The molecule has 28 heavy (non-hydrogen) atoms. The van der Waals surface area contributed by atoms with E-state index in [1.54, 1.807) is 56.6 Å². The Balaban J connectivity index is 1.93. The normalized spacial score (nSPS) is 10.1. The van der Waals surface area contributed by atoms with Crippen molar-refractivity contribution in [2.24, 2.45) is 0 Å². The molecule has 7 heteroatoms. The van der Waals surface area contributed by atoms with E-state index in [2.05, 4.69) is 17.6 Å². The van der Waals surface area contributed by atoms with E-state index in [1.807, 2.05) is 6.07 Å². The maximum atomic E-state index is 12.4. The zero-order chi connectivity index (χ0) is 20.5. The van der Waals surface area contributed by atoms with Crippen LogP contribution in [0.25, 0.3) is 0 Å². The van der Waals surface area contributed by atoms with Crippen LogP contribution in [0.3, 0.4) is 0 Å². The number of carbonyl (C=O) groups excluding carboxylic acids is 2. The Kier molecular flexibility index (Phi) is 7.95. The van der Waals surface area contributed by atoms with Gasteiger partial charge in [-0.1, -0.05) is 19.4 Å². The molecule has 0 aliphatic heterocycles. The minimum atomic E-state index is -0.321. The van der Waals surface area contributed by atoms with E-state index in [4.69, 9.17) is 17.0 Å². The quantitative estimate of drug-likeness (QED) is 0.549. The van der Waals surface area contributed by atoms with Crippen LogP contribution in [0.5, 0.6) is 5.75 Å². The van der Waals surface area contributed by atoms with Gasteiger partial charge in [-0.05, 0) is 61.1 Å². The number of hydrogen-bond donors (Lipinski definition) is 2. The fraction of sp³-hybridized carbons (Fsp3) is 0.286. The van der Waals surface area contributed by atoms with Gasteiger partial charge in [0.2, 0.25) is 0 Å². The molecule has 0 fully saturated rings. The Bertz CT molecular complexity index is 835. The minimum absolute atomic E-state index is 0.0801. The predicted molar refractivity (Wildman–Crippen MR) is 115 cm³/mol. The van der Waals surface area contributed by atoms with Crippen molar-refractivity contribution in [3.63, 3.8) is 0 Å². The summed E-state index contributed by atoms with van der Waals surface area (Å²) in [5.74, 6) is 0.252. The molecule has 2 aromatic rings. The lowest BCUT2D eigenvalue weighted by atomic mass is 10.2.